The largest absolute Gasteiger partial charge is 0.369 e. The zero-order valence-electron chi connectivity index (χ0n) is 14.1. The smallest absolute Gasteiger partial charge is 0.271 e. The Hall–Kier alpha value is -3.67. The van der Waals surface area contributed by atoms with Gasteiger partial charge in [-0.25, -0.2) is 4.99 Å². The zero-order valence-corrected chi connectivity index (χ0v) is 14.1. The van der Waals surface area contributed by atoms with Gasteiger partial charge in [0.2, 0.25) is 5.96 Å². The van der Waals surface area contributed by atoms with Crippen molar-refractivity contribution in [3.63, 3.8) is 0 Å². The van der Waals surface area contributed by atoms with Crippen molar-refractivity contribution in [2.24, 2.45) is 10.7 Å². The van der Waals surface area contributed by atoms with Gasteiger partial charge in [0, 0.05) is 24.7 Å². The molecule has 6 heteroatoms. The second-order valence-corrected chi connectivity index (χ2v) is 6.08. The molecular weight excluding hydrogens is 328 g/mol. The molecule has 4 rings (SSSR count). The number of rotatable bonds is 3. The number of guanidine groups is 1. The first-order chi connectivity index (χ1) is 12.5. The Bertz CT molecular complexity index is 1100. The standard InChI is InChI=1S/C20H16N4O2/c1-23(20(21)22-15-6-3-7-16(12-15)24(25)26)18-11-9-14-5-2-4-13-8-10-17(18)19(13)14/h2-12H,1H3,(H2,21,22). The van der Waals surface area contributed by atoms with Gasteiger partial charge in [0.1, 0.15) is 0 Å². The predicted molar refractivity (Wildman–Crippen MR) is 106 cm³/mol. The van der Waals surface area contributed by atoms with Gasteiger partial charge in [0.25, 0.3) is 5.69 Å². The van der Waals surface area contributed by atoms with Gasteiger partial charge >= 0.3 is 0 Å². The van der Waals surface area contributed by atoms with Crippen molar-refractivity contribution in [1.82, 2.24) is 0 Å². The molecule has 0 aliphatic heterocycles. The molecule has 128 valence electrons. The minimum atomic E-state index is -0.449. The van der Waals surface area contributed by atoms with E-state index in [1.165, 1.54) is 28.5 Å². The molecule has 0 spiro atoms. The third-order valence-corrected chi connectivity index (χ3v) is 4.51. The molecule has 3 aromatic carbocycles. The van der Waals surface area contributed by atoms with E-state index in [9.17, 15) is 10.1 Å². The van der Waals surface area contributed by atoms with Crippen molar-refractivity contribution in [3.05, 3.63) is 75.8 Å². The molecule has 26 heavy (non-hydrogen) atoms. The number of nitrogens with two attached hydrogens (primary N) is 1. The van der Waals surface area contributed by atoms with Crippen molar-refractivity contribution < 1.29 is 4.92 Å². The monoisotopic (exact) mass is 344 g/mol. The number of anilines is 1. The van der Waals surface area contributed by atoms with Crippen LogP contribution in [0.3, 0.4) is 0 Å². The van der Waals surface area contributed by atoms with Crippen molar-refractivity contribution in [3.8, 4) is 0 Å². The van der Waals surface area contributed by atoms with Crippen molar-refractivity contribution in [1.29, 1.82) is 0 Å². The Kier molecular flexibility index (Phi) is 3.65. The van der Waals surface area contributed by atoms with Crippen LogP contribution < -0.4 is 10.6 Å². The van der Waals surface area contributed by atoms with Crippen LogP contribution in [-0.2, 0) is 0 Å². The molecule has 0 atom stereocenters. The van der Waals surface area contributed by atoms with E-state index in [0.29, 0.717) is 5.69 Å². The van der Waals surface area contributed by atoms with Crippen LogP contribution in [0.15, 0.2) is 59.6 Å². The maximum atomic E-state index is 10.9. The average molecular weight is 344 g/mol. The molecule has 0 heterocycles. The number of nitrogens with zero attached hydrogens (tertiary/aromatic N) is 3. The highest BCUT2D eigenvalue weighted by atomic mass is 16.6. The lowest BCUT2D eigenvalue weighted by atomic mass is 10.0. The maximum Gasteiger partial charge on any atom is 0.271 e. The number of hydrogen-bond acceptors (Lipinski definition) is 3. The summed E-state index contributed by atoms with van der Waals surface area (Å²) in [5, 5.41) is 13.3. The lowest BCUT2D eigenvalue weighted by Crippen LogP contribution is -2.34. The van der Waals surface area contributed by atoms with Crippen molar-refractivity contribution in [2.45, 2.75) is 0 Å². The molecular formula is C20H16N4O2. The number of aliphatic imine (C=N–C) groups is 1. The second-order valence-electron chi connectivity index (χ2n) is 6.08. The third-order valence-electron chi connectivity index (χ3n) is 4.51. The molecule has 0 bridgehead atoms. The Labute approximate surface area is 150 Å². The second kappa shape index (κ2) is 6.00. The quantitative estimate of drug-likeness (QED) is 0.260. The first-order valence-electron chi connectivity index (χ1n) is 8.11. The zero-order chi connectivity index (χ0) is 18.3. The molecule has 6 nitrogen and oxygen atoms in total. The third kappa shape index (κ3) is 2.57. The lowest BCUT2D eigenvalue weighted by Gasteiger charge is -2.21. The van der Waals surface area contributed by atoms with E-state index in [-0.39, 0.29) is 11.6 Å². The minimum absolute atomic E-state index is 0.0152. The highest BCUT2D eigenvalue weighted by Crippen LogP contribution is 2.37. The van der Waals surface area contributed by atoms with Crippen molar-refractivity contribution in [2.75, 3.05) is 11.9 Å². The molecule has 1 aliphatic carbocycles. The fraction of sp³-hybridized carbons (Fsp3) is 0.0500. The number of nitro groups is 1. The molecule has 0 aromatic heterocycles. The molecule has 0 fully saturated rings. The molecule has 0 saturated carbocycles. The van der Waals surface area contributed by atoms with Gasteiger partial charge < -0.3 is 10.6 Å². The van der Waals surface area contributed by atoms with Gasteiger partial charge in [-0.1, -0.05) is 42.5 Å². The minimum Gasteiger partial charge on any atom is -0.369 e. The van der Waals surface area contributed by atoms with Crippen LogP contribution in [-0.4, -0.2) is 17.9 Å². The van der Waals surface area contributed by atoms with E-state index >= 15 is 0 Å². The van der Waals surface area contributed by atoms with Crippen LogP contribution in [0.5, 0.6) is 0 Å². The number of hydrogen-bond donors (Lipinski definition) is 1. The van der Waals surface area contributed by atoms with Crippen LogP contribution in [0.2, 0.25) is 0 Å². The van der Waals surface area contributed by atoms with Gasteiger partial charge in [-0.05, 0) is 28.5 Å². The predicted octanol–water partition coefficient (Wildman–Crippen LogP) is 4.31. The Morgan fingerprint density at radius 1 is 1.12 bits per heavy atom. The summed E-state index contributed by atoms with van der Waals surface area (Å²) in [6, 6.07) is 16.4. The molecule has 0 amide bonds. The normalized spacial score (nSPS) is 12.6. The molecule has 3 aromatic rings. The number of benzene rings is 3. The molecule has 2 N–H and O–H groups in total. The SMILES string of the molecule is CN(C(N)=Nc1cccc([N+](=O)[O-])c1)c1ccc2cccc3c2c1C=C3. The first kappa shape index (κ1) is 15.8. The van der Waals surface area contributed by atoms with Crippen LogP contribution in [0.25, 0.3) is 22.9 Å². The summed E-state index contributed by atoms with van der Waals surface area (Å²) in [5.41, 5.74) is 9.81. The van der Waals surface area contributed by atoms with Gasteiger partial charge in [-0.2, -0.15) is 0 Å². The van der Waals surface area contributed by atoms with E-state index in [0.717, 1.165) is 11.3 Å². The highest BCUT2D eigenvalue weighted by Gasteiger charge is 2.17. The molecule has 0 saturated heterocycles. The van der Waals surface area contributed by atoms with E-state index < -0.39 is 4.92 Å². The highest BCUT2D eigenvalue weighted by molar-refractivity contribution is 6.11. The summed E-state index contributed by atoms with van der Waals surface area (Å²) in [4.78, 5) is 16.6. The van der Waals surface area contributed by atoms with E-state index in [2.05, 4.69) is 35.3 Å². The summed E-state index contributed by atoms with van der Waals surface area (Å²) in [5.74, 6) is 0.263. The summed E-state index contributed by atoms with van der Waals surface area (Å²) in [6.07, 6.45) is 4.16. The van der Waals surface area contributed by atoms with E-state index in [1.807, 2.05) is 19.2 Å². The Morgan fingerprint density at radius 2 is 1.92 bits per heavy atom. The fourth-order valence-corrected chi connectivity index (χ4v) is 3.21. The van der Waals surface area contributed by atoms with Crippen LogP contribution >= 0.6 is 0 Å². The van der Waals surface area contributed by atoms with Crippen LogP contribution in [0, 0.1) is 10.1 Å². The summed E-state index contributed by atoms with van der Waals surface area (Å²) in [7, 11) is 1.84. The summed E-state index contributed by atoms with van der Waals surface area (Å²) in [6.45, 7) is 0. The molecule has 0 unspecified atom stereocenters. The summed E-state index contributed by atoms with van der Waals surface area (Å²) < 4.78 is 0. The van der Waals surface area contributed by atoms with Gasteiger partial charge in [-0.15, -0.1) is 0 Å². The fourth-order valence-electron chi connectivity index (χ4n) is 3.21. The molecule has 0 radical (unpaired) electrons. The lowest BCUT2D eigenvalue weighted by molar-refractivity contribution is -0.384. The van der Waals surface area contributed by atoms with Crippen LogP contribution in [0.1, 0.15) is 11.1 Å². The first-order valence-corrected chi connectivity index (χ1v) is 8.11. The maximum absolute atomic E-state index is 10.9. The van der Waals surface area contributed by atoms with Crippen molar-refractivity contribution >= 4 is 45.9 Å². The van der Waals surface area contributed by atoms with Gasteiger partial charge in [-0.3, -0.25) is 10.1 Å². The van der Waals surface area contributed by atoms with E-state index in [4.69, 9.17) is 5.73 Å². The van der Waals surface area contributed by atoms with Crippen LogP contribution in [0.4, 0.5) is 17.1 Å². The Morgan fingerprint density at radius 3 is 2.73 bits per heavy atom. The topological polar surface area (TPSA) is 84.8 Å². The summed E-state index contributed by atoms with van der Waals surface area (Å²) >= 11 is 0. The van der Waals surface area contributed by atoms with Gasteiger partial charge in [0.05, 0.1) is 16.3 Å². The number of nitro benzene ring substituents is 1. The Balaban J connectivity index is 1.74. The molecule has 1 aliphatic rings. The number of non-ortho nitro benzene ring substituents is 1. The van der Waals surface area contributed by atoms with E-state index in [1.54, 1.807) is 17.0 Å². The average Bonchev–Trinajstić information content (AvgIpc) is 3.08. The van der Waals surface area contributed by atoms with Gasteiger partial charge in [0.15, 0.2) is 0 Å².